The molecule has 1 saturated heterocycles. The maximum Gasteiger partial charge on any atom is 0.573 e. The van der Waals surface area contributed by atoms with Crippen molar-refractivity contribution in [1.82, 2.24) is 15.5 Å². The van der Waals surface area contributed by atoms with Crippen LogP contribution in [0.3, 0.4) is 0 Å². The summed E-state index contributed by atoms with van der Waals surface area (Å²) in [6, 6.07) is 6.02. The molecule has 1 atom stereocenters. The van der Waals surface area contributed by atoms with Crippen LogP contribution in [-0.4, -0.2) is 55.9 Å². The average Bonchev–Trinajstić information content (AvgIpc) is 3.22. The standard InChI is InChI=1S/C22H31F3N4O2/c1-26-21(27-13-11-16-7-9-19(10-8-16)31-22(23,24)25)28-18-12-14-29(15-18)20(30)17-5-3-2-4-6-17/h7-10,17-18H,2-6,11-15H2,1H3,(H2,26,27,28). The molecule has 172 valence electrons. The summed E-state index contributed by atoms with van der Waals surface area (Å²) < 4.78 is 40.6. The zero-order chi connectivity index (χ0) is 22.3. The number of benzene rings is 1. The Balaban J connectivity index is 1.39. The van der Waals surface area contributed by atoms with Gasteiger partial charge < -0.3 is 20.3 Å². The normalized spacial score (nSPS) is 20.6. The molecule has 1 saturated carbocycles. The van der Waals surface area contributed by atoms with Gasteiger partial charge in [-0.3, -0.25) is 9.79 Å². The fraction of sp³-hybridized carbons (Fsp3) is 0.636. The van der Waals surface area contributed by atoms with Crippen molar-refractivity contribution in [3.8, 4) is 5.75 Å². The van der Waals surface area contributed by atoms with E-state index in [4.69, 9.17) is 0 Å². The molecule has 2 N–H and O–H groups in total. The third-order valence-electron chi connectivity index (χ3n) is 5.88. The Kier molecular flexibility index (Phi) is 8.03. The molecule has 0 radical (unpaired) electrons. The smallest absolute Gasteiger partial charge is 0.406 e. The molecule has 1 aromatic carbocycles. The molecule has 1 heterocycles. The first-order valence-electron chi connectivity index (χ1n) is 10.9. The summed E-state index contributed by atoms with van der Waals surface area (Å²) in [5.74, 6) is 0.923. The molecule has 9 heteroatoms. The van der Waals surface area contributed by atoms with Crippen LogP contribution in [0.4, 0.5) is 13.2 Å². The fourth-order valence-corrected chi connectivity index (χ4v) is 4.26. The first-order valence-corrected chi connectivity index (χ1v) is 10.9. The summed E-state index contributed by atoms with van der Waals surface area (Å²) in [5.41, 5.74) is 0.891. The Morgan fingerprint density at radius 1 is 1.16 bits per heavy atom. The number of aliphatic imine (C=N–C) groups is 1. The topological polar surface area (TPSA) is 66.0 Å². The van der Waals surface area contributed by atoms with Crippen molar-refractivity contribution < 1.29 is 22.7 Å². The molecule has 1 aliphatic heterocycles. The van der Waals surface area contributed by atoms with Crippen LogP contribution < -0.4 is 15.4 Å². The molecule has 2 aliphatic rings. The number of hydrogen-bond acceptors (Lipinski definition) is 3. The van der Waals surface area contributed by atoms with Crippen LogP contribution in [0.15, 0.2) is 29.3 Å². The van der Waals surface area contributed by atoms with E-state index in [1.165, 1.54) is 18.6 Å². The minimum absolute atomic E-state index is 0.164. The van der Waals surface area contributed by atoms with E-state index < -0.39 is 6.36 Å². The predicted molar refractivity (Wildman–Crippen MR) is 113 cm³/mol. The number of rotatable bonds is 6. The fourth-order valence-electron chi connectivity index (χ4n) is 4.26. The van der Waals surface area contributed by atoms with Crippen LogP contribution in [0, 0.1) is 5.92 Å². The molecular formula is C22H31F3N4O2. The van der Waals surface area contributed by atoms with Crippen LogP contribution in [0.2, 0.25) is 0 Å². The van der Waals surface area contributed by atoms with Gasteiger partial charge in [-0.15, -0.1) is 13.2 Å². The van der Waals surface area contributed by atoms with Crippen molar-refractivity contribution in [3.63, 3.8) is 0 Å². The first-order chi connectivity index (χ1) is 14.8. The van der Waals surface area contributed by atoms with Gasteiger partial charge in [0.25, 0.3) is 0 Å². The van der Waals surface area contributed by atoms with Crippen molar-refractivity contribution in [3.05, 3.63) is 29.8 Å². The molecule has 6 nitrogen and oxygen atoms in total. The lowest BCUT2D eigenvalue weighted by Gasteiger charge is -2.26. The van der Waals surface area contributed by atoms with Gasteiger partial charge in [-0.25, -0.2) is 0 Å². The molecule has 1 amide bonds. The van der Waals surface area contributed by atoms with Gasteiger partial charge in [-0.2, -0.15) is 0 Å². The van der Waals surface area contributed by atoms with Gasteiger partial charge in [0.1, 0.15) is 5.75 Å². The zero-order valence-corrected chi connectivity index (χ0v) is 17.9. The second-order valence-corrected chi connectivity index (χ2v) is 8.19. The number of halogens is 3. The van der Waals surface area contributed by atoms with E-state index in [-0.39, 0.29) is 17.7 Å². The van der Waals surface area contributed by atoms with Gasteiger partial charge in [0.15, 0.2) is 5.96 Å². The summed E-state index contributed by atoms with van der Waals surface area (Å²) in [6.45, 7) is 2.05. The van der Waals surface area contributed by atoms with E-state index in [0.29, 0.717) is 31.4 Å². The quantitative estimate of drug-likeness (QED) is 0.525. The van der Waals surface area contributed by atoms with E-state index in [0.717, 1.165) is 44.2 Å². The number of ether oxygens (including phenoxy) is 1. The molecule has 31 heavy (non-hydrogen) atoms. The van der Waals surface area contributed by atoms with Crippen molar-refractivity contribution in [2.45, 2.75) is 57.3 Å². The third-order valence-corrected chi connectivity index (χ3v) is 5.88. The number of alkyl halides is 3. The summed E-state index contributed by atoms with van der Waals surface area (Å²) in [5, 5.41) is 6.60. The molecular weight excluding hydrogens is 409 g/mol. The summed E-state index contributed by atoms with van der Waals surface area (Å²) in [7, 11) is 1.69. The Bertz CT molecular complexity index is 746. The Morgan fingerprint density at radius 2 is 1.87 bits per heavy atom. The number of carbonyl (C=O) groups excluding carboxylic acids is 1. The lowest BCUT2D eigenvalue weighted by atomic mass is 9.88. The second-order valence-electron chi connectivity index (χ2n) is 8.19. The number of amides is 1. The maximum atomic E-state index is 12.7. The maximum absolute atomic E-state index is 12.7. The number of carbonyl (C=O) groups is 1. The molecule has 0 aromatic heterocycles. The van der Waals surface area contributed by atoms with Crippen molar-refractivity contribution >= 4 is 11.9 Å². The van der Waals surface area contributed by atoms with Crippen LogP contribution >= 0.6 is 0 Å². The van der Waals surface area contributed by atoms with Gasteiger partial charge >= 0.3 is 6.36 Å². The van der Waals surface area contributed by atoms with Crippen LogP contribution in [0.25, 0.3) is 0 Å². The van der Waals surface area contributed by atoms with Gasteiger partial charge in [0.05, 0.1) is 0 Å². The molecule has 3 rings (SSSR count). The molecule has 0 spiro atoms. The monoisotopic (exact) mass is 440 g/mol. The Hall–Kier alpha value is -2.45. The van der Waals surface area contributed by atoms with E-state index in [1.807, 2.05) is 4.90 Å². The molecule has 0 bridgehead atoms. The minimum atomic E-state index is -4.68. The number of hydrogen-bond donors (Lipinski definition) is 2. The first kappa shape index (κ1) is 23.2. The van der Waals surface area contributed by atoms with Gasteiger partial charge in [-0.05, 0) is 43.4 Å². The van der Waals surface area contributed by atoms with Gasteiger partial charge in [0, 0.05) is 38.6 Å². The van der Waals surface area contributed by atoms with Crippen molar-refractivity contribution in [1.29, 1.82) is 0 Å². The highest BCUT2D eigenvalue weighted by Gasteiger charge is 2.32. The second kappa shape index (κ2) is 10.7. The molecule has 1 unspecified atom stereocenters. The molecule has 1 aromatic rings. The summed E-state index contributed by atoms with van der Waals surface area (Å²) in [6.07, 6.45) is 2.41. The molecule has 1 aliphatic carbocycles. The highest BCUT2D eigenvalue weighted by molar-refractivity contribution is 5.81. The number of likely N-dealkylation sites (tertiary alicyclic amines) is 1. The Labute approximate surface area is 181 Å². The highest BCUT2D eigenvalue weighted by Crippen LogP contribution is 2.27. The van der Waals surface area contributed by atoms with Crippen LogP contribution in [-0.2, 0) is 11.2 Å². The average molecular weight is 441 g/mol. The minimum Gasteiger partial charge on any atom is -0.406 e. The largest absolute Gasteiger partial charge is 0.573 e. The number of guanidine groups is 1. The lowest BCUT2D eigenvalue weighted by Crippen LogP contribution is -2.46. The van der Waals surface area contributed by atoms with E-state index in [1.54, 1.807) is 19.2 Å². The number of nitrogens with zero attached hydrogens (tertiary/aromatic N) is 2. The van der Waals surface area contributed by atoms with E-state index in [2.05, 4.69) is 20.4 Å². The van der Waals surface area contributed by atoms with Crippen LogP contribution in [0.1, 0.15) is 44.1 Å². The van der Waals surface area contributed by atoms with Crippen molar-refractivity contribution in [2.24, 2.45) is 10.9 Å². The Morgan fingerprint density at radius 3 is 2.52 bits per heavy atom. The zero-order valence-electron chi connectivity index (χ0n) is 17.9. The third kappa shape index (κ3) is 7.33. The summed E-state index contributed by atoms with van der Waals surface area (Å²) >= 11 is 0. The van der Waals surface area contributed by atoms with Crippen LogP contribution in [0.5, 0.6) is 5.75 Å². The van der Waals surface area contributed by atoms with Gasteiger partial charge in [-0.1, -0.05) is 31.4 Å². The summed E-state index contributed by atoms with van der Waals surface area (Å²) in [4.78, 5) is 18.9. The molecule has 2 fully saturated rings. The highest BCUT2D eigenvalue weighted by atomic mass is 19.4. The predicted octanol–water partition coefficient (Wildman–Crippen LogP) is 3.47. The number of nitrogens with one attached hydrogen (secondary N) is 2. The van der Waals surface area contributed by atoms with Gasteiger partial charge in [0.2, 0.25) is 5.91 Å². The lowest BCUT2D eigenvalue weighted by molar-refractivity contribution is -0.274. The van der Waals surface area contributed by atoms with E-state index >= 15 is 0 Å². The van der Waals surface area contributed by atoms with Crippen molar-refractivity contribution in [2.75, 3.05) is 26.7 Å². The van der Waals surface area contributed by atoms with E-state index in [9.17, 15) is 18.0 Å². The SMILES string of the molecule is CN=C(NCCc1ccc(OC(F)(F)F)cc1)NC1CCN(C(=O)C2CCCCC2)C1.